The van der Waals surface area contributed by atoms with Gasteiger partial charge in [0.15, 0.2) is 0 Å². The molecule has 1 aliphatic rings. The standard InChI is InChI=1S/C23H27N5/c1-3-28(21-11-7-8-19(2)16-21)23-17-22(24-18-25-23)27-14-12-26(13-15-27)20-9-5-4-6-10-20/h4-11,16-18H,3,12-15H2,1-2H3. The van der Waals surface area contributed by atoms with E-state index in [1.165, 1.54) is 16.9 Å². The van der Waals surface area contributed by atoms with Crippen LogP contribution in [0.5, 0.6) is 0 Å². The Morgan fingerprint density at radius 2 is 1.61 bits per heavy atom. The van der Waals surface area contributed by atoms with Crippen molar-refractivity contribution in [3.63, 3.8) is 0 Å². The van der Waals surface area contributed by atoms with Gasteiger partial charge in [0, 0.05) is 50.2 Å². The summed E-state index contributed by atoms with van der Waals surface area (Å²) in [6.07, 6.45) is 1.69. The minimum atomic E-state index is 0.863. The van der Waals surface area contributed by atoms with Crippen LogP contribution in [0.3, 0.4) is 0 Å². The van der Waals surface area contributed by atoms with E-state index in [-0.39, 0.29) is 0 Å². The van der Waals surface area contributed by atoms with E-state index in [1.807, 2.05) is 0 Å². The van der Waals surface area contributed by atoms with Crippen molar-refractivity contribution >= 4 is 23.0 Å². The SMILES string of the molecule is CCN(c1cccc(C)c1)c1cc(N2CCN(c3ccccc3)CC2)ncn1. The molecule has 0 radical (unpaired) electrons. The molecule has 0 saturated carbocycles. The molecule has 1 saturated heterocycles. The number of benzene rings is 2. The fraction of sp³-hybridized carbons (Fsp3) is 0.304. The van der Waals surface area contributed by atoms with Gasteiger partial charge in [-0.15, -0.1) is 0 Å². The van der Waals surface area contributed by atoms with Gasteiger partial charge in [0.1, 0.15) is 18.0 Å². The van der Waals surface area contributed by atoms with Gasteiger partial charge in [-0.05, 0) is 43.7 Å². The number of piperazine rings is 1. The first kappa shape index (κ1) is 18.3. The Morgan fingerprint density at radius 3 is 2.32 bits per heavy atom. The van der Waals surface area contributed by atoms with Crippen molar-refractivity contribution in [1.82, 2.24) is 9.97 Å². The van der Waals surface area contributed by atoms with Gasteiger partial charge in [-0.2, -0.15) is 0 Å². The molecular weight excluding hydrogens is 346 g/mol. The van der Waals surface area contributed by atoms with Gasteiger partial charge in [-0.1, -0.05) is 30.3 Å². The lowest BCUT2D eigenvalue weighted by Gasteiger charge is -2.37. The van der Waals surface area contributed by atoms with Gasteiger partial charge < -0.3 is 14.7 Å². The molecule has 2 heterocycles. The molecule has 28 heavy (non-hydrogen) atoms. The first-order chi connectivity index (χ1) is 13.7. The van der Waals surface area contributed by atoms with Crippen molar-refractivity contribution in [2.24, 2.45) is 0 Å². The highest BCUT2D eigenvalue weighted by Gasteiger charge is 2.19. The molecule has 1 aromatic heterocycles. The topological polar surface area (TPSA) is 35.5 Å². The van der Waals surface area contributed by atoms with Gasteiger partial charge in [0.25, 0.3) is 0 Å². The summed E-state index contributed by atoms with van der Waals surface area (Å²) >= 11 is 0. The quantitative estimate of drug-likeness (QED) is 0.667. The molecule has 4 rings (SSSR count). The average Bonchev–Trinajstić information content (AvgIpc) is 2.75. The monoisotopic (exact) mass is 373 g/mol. The molecule has 0 bridgehead atoms. The summed E-state index contributed by atoms with van der Waals surface area (Å²) in [5.74, 6) is 1.95. The summed E-state index contributed by atoms with van der Waals surface area (Å²) in [6.45, 7) is 9.06. The summed E-state index contributed by atoms with van der Waals surface area (Å²) in [4.78, 5) is 16.1. The van der Waals surface area contributed by atoms with Crippen LogP contribution in [0.2, 0.25) is 0 Å². The van der Waals surface area contributed by atoms with Crippen LogP contribution in [-0.4, -0.2) is 42.7 Å². The minimum Gasteiger partial charge on any atom is -0.368 e. The normalized spacial score (nSPS) is 14.2. The van der Waals surface area contributed by atoms with Crippen molar-refractivity contribution in [3.05, 3.63) is 72.6 Å². The Bertz CT molecular complexity index is 904. The van der Waals surface area contributed by atoms with E-state index in [9.17, 15) is 0 Å². The van der Waals surface area contributed by atoms with Crippen LogP contribution in [0, 0.1) is 6.92 Å². The van der Waals surface area contributed by atoms with Crippen LogP contribution < -0.4 is 14.7 Å². The Balaban J connectivity index is 1.50. The van der Waals surface area contributed by atoms with E-state index in [2.05, 4.69) is 99.2 Å². The predicted molar refractivity (Wildman–Crippen MR) is 117 cm³/mol. The van der Waals surface area contributed by atoms with Crippen molar-refractivity contribution in [2.75, 3.05) is 47.4 Å². The Hall–Kier alpha value is -3.08. The lowest BCUT2D eigenvalue weighted by molar-refractivity contribution is 0.646. The Kier molecular flexibility index (Phi) is 5.42. The van der Waals surface area contributed by atoms with Crippen LogP contribution in [0.25, 0.3) is 0 Å². The zero-order chi connectivity index (χ0) is 19.3. The third-order valence-electron chi connectivity index (χ3n) is 5.27. The van der Waals surface area contributed by atoms with E-state index >= 15 is 0 Å². The lowest BCUT2D eigenvalue weighted by atomic mass is 10.2. The predicted octanol–water partition coefficient (Wildman–Crippen LogP) is 4.27. The molecule has 0 atom stereocenters. The molecule has 0 amide bonds. The van der Waals surface area contributed by atoms with Crippen molar-refractivity contribution in [1.29, 1.82) is 0 Å². The van der Waals surface area contributed by atoms with Gasteiger partial charge in [-0.3, -0.25) is 0 Å². The van der Waals surface area contributed by atoms with Gasteiger partial charge in [0.05, 0.1) is 0 Å². The molecule has 3 aromatic rings. The maximum absolute atomic E-state index is 4.56. The molecule has 0 unspecified atom stereocenters. The molecule has 2 aromatic carbocycles. The van der Waals surface area contributed by atoms with Crippen LogP contribution in [0.4, 0.5) is 23.0 Å². The minimum absolute atomic E-state index is 0.863. The van der Waals surface area contributed by atoms with Crippen LogP contribution >= 0.6 is 0 Å². The molecule has 144 valence electrons. The van der Waals surface area contributed by atoms with E-state index in [0.717, 1.165) is 44.4 Å². The molecule has 1 fully saturated rings. The molecular formula is C23H27N5. The molecule has 5 heteroatoms. The average molecular weight is 374 g/mol. The fourth-order valence-corrected chi connectivity index (χ4v) is 3.76. The number of rotatable bonds is 5. The number of aromatic nitrogens is 2. The largest absolute Gasteiger partial charge is 0.368 e. The fourth-order valence-electron chi connectivity index (χ4n) is 3.76. The summed E-state index contributed by atoms with van der Waals surface area (Å²) in [7, 11) is 0. The molecule has 0 spiro atoms. The molecule has 5 nitrogen and oxygen atoms in total. The summed E-state index contributed by atoms with van der Waals surface area (Å²) in [5.41, 5.74) is 3.71. The van der Waals surface area contributed by atoms with Gasteiger partial charge in [0.2, 0.25) is 0 Å². The highest BCUT2D eigenvalue weighted by Crippen LogP contribution is 2.27. The Morgan fingerprint density at radius 1 is 0.857 bits per heavy atom. The Labute approximate surface area is 167 Å². The molecule has 1 aliphatic heterocycles. The van der Waals surface area contributed by atoms with Crippen LogP contribution in [-0.2, 0) is 0 Å². The maximum atomic E-state index is 4.56. The summed E-state index contributed by atoms with van der Waals surface area (Å²) in [6, 6.07) is 21.3. The zero-order valence-corrected chi connectivity index (χ0v) is 16.6. The smallest absolute Gasteiger partial charge is 0.138 e. The van der Waals surface area contributed by atoms with Crippen molar-refractivity contribution < 1.29 is 0 Å². The van der Waals surface area contributed by atoms with E-state index in [4.69, 9.17) is 0 Å². The number of anilines is 4. The zero-order valence-electron chi connectivity index (χ0n) is 16.6. The number of hydrogen-bond acceptors (Lipinski definition) is 5. The maximum Gasteiger partial charge on any atom is 0.138 e. The summed E-state index contributed by atoms with van der Waals surface area (Å²) < 4.78 is 0. The third kappa shape index (κ3) is 3.93. The third-order valence-corrected chi connectivity index (χ3v) is 5.27. The second-order valence-corrected chi connectivity index (χ2v) is 7.13. The summed E-state index contributed by atoms with van der Waals surface area (Å²) in [5, 5.41) is 0. The van der Waals surface area contributed by atoms with Gasteiger partial charge in [-0.25, -0.2) is 9.97 Å². The number of para-hydroxylation sites is 1. The van der Waals surface area contributed by atoms with Gasteiger partial charge >= 0.3 is 0 Å². The second-order valence-electron chi connectivity index (χ2n) is 7.13. The first-order valence-corrected chi connectivity index (χ1v) is 9.96. The second kappa shape index (κ2) is 8.30. The first-order valence-electron chi connectivity index (χ1n) is 9.96. The molecule has 0 N–H and O–H groups in total. The number of nitrogens with zero attached hydrogens (tertiary/aromatic N) is 5. The number of aryl methyl sites for hydroxylation is 1. The van der Waals surface area contributed by atoms with Crippen LogP contribution in [0.15, 0.2) is 67.0 Å². The molecule has 0 aliphatic carbocycles. The highest BCUT2D eigenvalue weighted by atomic mass is 15.3. The van der Waals surface area contributed by atoms with Crippen molar-refractivity contribution in [3.8, 4) is 0 Å². The van der Waals surface area contributed by atoms with Crippen LogP contribution in [0.1, 0.15) is 12.5 Å². The van der Waals surface area contributed by atoms with E-state index in [0.29, 0.717) is 0 Å². The van der Waals surface area contributed by atoms with E-state index < -0.39 is 0 Å². The lowest BCUT2D eigenvalue weighted by Crippen LogP contribution is -2.46. The van der Waals surface area contributed by atoms with Crippen molar-refractivity contribution in [2.45, 2.75) is 13.8 Å². The van der Waals surface area contributed by atoms with E-state index in [1.54, 1.807) is 6.33 Å². The highest BCUT2D eigenvalue weighted by molar-refractivity contribution is 5.63. The number of hydrogen-bond donors (Lipinski definition) is 0.